The Balaban J connectivity index is 2.02. The highest BCUT2D eigenvalue weighted by Crippen LogP contribution is 2.28. The fourth-order valence-corrected chi connectivity index (χ4v) is 1.82. The molecule has 10 nitrogen and oxygen atoms in total. The molecule has 2 N–H and O–H groups in total. The number of amides is 2. The molecule has 0 saturated carbocycles. The van der Waals surface area contributed by atoms with Gasteiger partial charge in [-0.05, 0) is 12.1 Å². The highest BCUT2D eigenvalue weighted by molar-refractivity contribution is 5.92. The van der Waals surface area contributed by atoms with Gasteiger partial charge < -0.3 is 19.5 Å². The molecule has 0 saturated heterocycles. The zero-order chi connectivity index (χ0) is 17.5. The van der Waals surface area contributed by atoms with Crippen molar-refractivity contribution in [2.45, 2.75) is 6.54 Å². The predicted octanol–water partition coefficient (Wildman–Crippen LogP) is 1.11. The first-order valence-electron chi connectivity index (χ1n) is 6.82. The number of ether oxygens (including phenoxy) is 3. The summed E-state index contributed by atoms with van der Waals surface area (Å²) >= 11 is 0. The van der Waals surface area contributed by atoms with Crippen molar-refractivity contribution in [3.8, 4) is 11.5 Å². The molecule has 1 heterocycles. The van der Waals surface area contributed by atoms with Crippen LogP contribution in [0.25, 0.3) is 0 Å². The Morgan fingerprint density at radius 2 is 1.96 bits per heavy atom. The molecule has 0 atom stereocenters. The van der Waals surface area contributed by atoms with Gasteiger partial charge >= 0.3 is 6.09 Å². The second-order valence-corrected chi connectivity index (χ2v) is 4.49. The van der Waals surface area contributed by atoms with Gasteiger partial charge in [0.25, 0.3) is 0 Å². The summed E-state index contributed by atoms with van der Waals surface area (Å²) in [6.07, 6.45) is 0.628. The molecule has 0 aliphatic rings. The van der Waals surface area contributed by atoms with E-state index in [0.717, 1.165) is 4.80 Å². The molecule has 0 aliphatic carbocycles. The summed E-state index contributed by atoms with van der Waals surface area (Å²) in [5.41, 5.74) is 0.460. The van der Waals surface area contributed by atoms with Gasteiger partial charge in [-0.1, -0.05) is 0 Å². The first-order valence-corrected chi connectivity index (χ1v) is 6.82. The number of aromatic nitrogens is 3. The molecule has 0 spiro atoms. The van der Waals surface area contributed by atoms with E-state index in [1.807, 2.05) is 0 Å². The molecule has 2 aromatic rings. The summed E-state index contributed by atoms with van der Waals surface area (Å²) in [5.74, 6) is 0.869. The van der Waals surface area contributed by atoms with Gasteiger partial charge in [0.1, 0.15) is 18.0 Å². The number of methoxy groups -OCH3 is 3. The molecular formula is C14H17N5O5. The van der Waals surface area contributed by atoms with Gasteiger partial charge in [-0.3, -0.25) is 10.1 Å². The van der Waals surface area contributed by atoms with Gasteiger partial charge in [0.15, 0.2) is 5.82 Å². The van der Waals surface area contributed by atoms with Crippen LogP contribution in [0.4, 0.5) is 16.3 Å². The van der Waals surface area contributed by atoms with Gasteiger partial charge in [-0.15, -0.1) is 5.10 Å². The van der Waals surface area contributed by atoms with Gasteiger partial charge in [-0.25, -0.2) is 4.79 Å². The Morgan fingerprint density at radius 1 is 1.17 bits per heavy atom. The fraction of sp³-hybridized carbons (Fsp3) is 0.286. The largest absolute Gasteiger partial charge is 0.497 e. The minimum absolute atomic E-state index is 0.150. The summed E-state index contributed by atoms with van der Waals surface area (Å²) in [4.78, 5) is 24.3. The second-order valence-electron chi connectivity index (χ2n) is 4.49. The molecule has 128 valence electrons. The number of carbonyl (C=O) groups is 2. The number of anilines is 2. The maximum absolute atomic E-state index is 12.1. The number of nitrogens with one attached hydrogen (secondary N) is 2. The van der Waals surface area contributed by atoms with E-state index in [9.17, 15) is 9.59 Å². The normalized spacial score (nSPS) is 9.96. The lowest BCUT2D eigenvalue weighted by atomic mass is 10.2. The Bertz CT molecular complexity index is 730. The van der Waals surface area contributed by atoms with Crippen LogP contribution in [0, 0.1) is 0 Å². The lowest BCUT2D eigenvalue weighted by Crippen LogP contribution is -2.21. The average molecular weight is 335 g/mol. The zero-order valence-corrected chi connectivity index (χ0v) is 13.4. The van der Waals surface area contributed by atoms with Gasteiger partial charge in [0.2, 0.25) is 5.91 Å². The van der Waals surface area contributed by atoms with E-state index in [1.54, 1.807) is 18.2 Å². The van der Waals surface area contributed by atoms with Crippen molar-refractivity contribution in [1.29, 1.82) is 0 Å². The summed E-state index contributed by atoms with van der Waals surface area (Å²) in [5, 5.41) is 12.8. The van der Waals surface area contributed by atoms with Gasteiger partial charge in [-0.2, -0.15) is 9.90 Å². The lowest BCUT2D eigenvalue weighted by molar-refractivity contribution is -0.117. The number of hydrogen-bond donors (Lipinski definition) is 2. The molecule has 1 aromatic heterocycles. The number of carbonyl (C=O) groups excluding carboxylic acids is 2. The van der Waals surface area contributed by atoms with Crippen LogP contribution in [0.3, 0.4) is 0 Å². The van der Waals surface area contributed by atoms with Crippen molar-refractivity contribution in [3.05, 3.63) is 24.4 Å². The monoisotopic (exact) mass is 335 g/mol. The van der Waals surface area contributed by atoms with E-state index in [1.165, 1.54) is 27.5 Å². The predicted molar refractivity (Wildman–Crippen MR) is 84.2 cm³/mol. The third kappa shape index (κ3) is 4.35. The van der Waals surface area contributed by atoms with Gasteiger partial charge in [0.05, 0.1) is 33.2 Å². The number of rotatable bonds is 6. The Morgan fingerprint density at radius 3 is 2.62 bits per heavy atom. The second kappa shape index (κ2) is 7.81. The van der Waals surface area contributed by atoms with Crippen LogP contribution in [-0.2, 0) is 16.1 Å². The molecule has 0 radical (unpaired) electrons. The molecule has 2 rings (SSSR count). The van der Waals surface area contributed by atoms with Crippen LogP contribution >= 0.6 is 0 Å². The first-order chi connectivity index (χ1) is 11.5. The third-order valence-electron chi connectivity index (χ3n) is 2.92. The maximum Gasteiger partial charge on any atom is 0.412 e. The molecule has 0 bridgehead atoms. The standard InChI is InChI=1S/C14H17N5O5/c1-22-9-4-5-11(23-2)10(6-9)16-13(20)8-19-15-7-12(18-19)17-14(21)24-3/h4-7H,8H2,1-3H3,(H,16,20)(H,17,18,21). The summed E-state index contributed by atoms with van der Waals surface area (Å²) < 4.78 is 14.7. The average Bonchev–Trinajstić information content (AvgIpc) is 3.01. The molecule has 2 amide bonds. The van der Waals surface area contributed by atoms with E-state index in [4.69, 9.17) is 9.47 Å². The lowest BCUT2D eigenvalue weighted by Gasteiger charge is -2.11. The molecule has 10 heteroatoms. The topological polar surface area (TPSA) is 117 Å². The first kappa shape index (κ1) is 17.1. The number of hydrogen-bond acceptors (Lipinski definition) is 7. The number of benzene rings is 1. The van der Waals surface area contributed by atoms with Crippen LogP contribution in [-0.4, -0.2) is 48.3 Å². The SMILES string of the molecule is COC(=O)Nc1cnn(CC(=O)Nc2cc(OC)ccc2OC)n1. The molecule has 0 unspecified atom stereocenters. The van der Waals surface area contributed by atoms with Crippen molar-refractivity contribution >= 4 is 23.5 Å². The minimum atomic E-state index is -0.674. The summed E-state index contributed by atoms with van der Waals surface area (Å²) in [6.45, 7) is -0.150. The van der Waals surface area contributed by atoms with E-state index in [0.29, 0.717) is 17.2 Å². The molecule has 0 fully saturated rings. The van der Waals surface area contributed by atoms with Crippen LogP contribution in [0.5, 0.6) is 11.5 Å². The zero-order valence-electron chi connectivity index (χ0n) is 13.4. The van der Waals surface area contributed by atoms with Gasteiger partial charge in [0, 0.05) is 6.07 Å². The van der Waals surface area contributed by atoms with E-state index >= 15 is 0 Å². The summed E-state index contributed by atoms with van der Waals surface area (Å²) in [6, 6.07) is 5.03. The van der Waals surface area contributed by atoms with Crippen molar-refractivity contribution in [3.63, 3.8) is 0 Å². The van der Waals surface area contributed by atoms with Crippen LogP contribution in [0.1, 0.15) is 0 Å². The Hall–Kier alpha value is -3.30. The molecule has 24 heavy (non-hydrogen) atoms. The van der Waals surface area contributed by atoms with E-state index in [2.05, 4.69) is 25.6 Å². The van der Waals surface area contributed by atoms with Crippen molar-refractivity contribution in [2.24, 2.45) is 0 Å². The molecule has 1 aromatic carbocycles. The minimum Gasteiger partial charge on any atom is -0.497 e. The van der Waals surface area contributed by atoms with Crippen LogP contribution in [0.15, 0.2) is 24.4 Å². The Kier molecular flexibility index (Phi) is 5.55. The smallest absolute Gasteiger partial charge is 0.412 e. The van der Waals surface area contributed by atoms with Crippen LogP contribution < -0.4 is 20.1 Å². The summed E-state index contributed by atoms with van der Waals surface area (Å²) in [7, 11) is 4.25. The van der Waals surface area contributed by atoms with Crippen molar-refractivity contribution in [1.82, 2.24) is 15.0 Å². The molecule has 0 aliphatic heterocycles. The van der Waals surface area contributed by atoms with Crippen molar-refractivity contribution in [2.75, 3.05) is 32.0 Å². The fourth-order valence-electron chi connectivity index (χ4n) is 1.82. The molecular weight excluding hydrogens is 318 g/mol. The highest BCUT2D eigenvalue weighted by atomic mass is 16.5. The van der Waals surface area contributed by atoms with Crippen molar-refractivity contribution < 1.29 is 23.8 Å². The Labute approximate surface area is 137 Å². The number of nitrogens with zero attached hydrogens (tertiary/aromatic N) is 3. The maximum atomic E-state index is 12.1. The van der Waals surface area contributed by atoms with E-state index in [-0.39, 0.29) is 18.3 Å². The quantitative estimate of drug-likeness (QED) is 0.812. The highest BCUT2D eigenvalue weighted by Gasteiger charge is 2.12. The van der Waals surface area contributed by atoms with Crippen LogP contribution in [0.2, 0.25) is 0 Å². The van der Waals surface area contributed by atoms with E-state index < -0.39 is 6.09 Å². The third-order valence-corrected chi connectivity index (χ3v) is 2.92.